The number of ether oxygens (including phenoxy) is 2. The van der Waals surface area contributed by atoms with E-state index in [0.717, 1.165) is 22.2 Å². The van der Waals surface area contributed by atoms with Gasteiger partial charge in [0, 0.05) is 17.3 Å². The lowest BCUT2D eigenvalue weighted by molar-refractivity contribution is 0.0526. The summed E-state index contributed by atoms with van der Waals surface area (Å²) in [5, 5.41) is 10.4. The first kappa shape index (κ1) is 19.3. The van der Waals surface area contributed by atoms with Crippen LogP contribution in [0.25, 0.3) is 16.6 Å². The molecule has 0 amide bonds. The van der Waals surface area contributed by atoms with Gasteiger partial charge in [0.15, 0.2) is 0 Å². The molecule has 148 valence electrons. The summed E-state index contributed by atoms with van der Waals surface area (Å²) in [5.41, 5.74) is 3.88. The van der Waals surface area contributed by atoms with Crippen molar-refractivity contribution in [2.75, 3.05) is 6.61 Å². The fraction of sp³-hybridized carbons (Fsp3) is 0.120. The standard InChI is InChI=1S/C25H20N2O3/c1-2-29-25(28)19-8-10-21(11-9-19)27-16-20(15-26)23-14-22(12-13-24(23)27)30-17-18-6-4-3-5-7-18/h3-14,16H,2,17H2,1H3. The van der Waals surface area contributed by atoms with Crippen molar-refractivity contribution >= 4 is 16.9 Å². The van der Waals surface area contributed by atoms with Gasteiger partial charge in [-0.1, -0.05) is 30.3 Å². The Kier molecular flexibility index (Phi) is 5.49. The molecule has 0 fully saturated rings. The van der Waals surface area contributed by atoms with Crippen LogP contribution in [0.3, 0.4) is 0 Å². The van der Waals surface area contributed by atoms with Crippen LogP contribution in [0.15, 0.2) is 79.0 Å². The number of rotatable bonds is 6. The zero-order chi connectivity index (χ0) is 20.9. The molecule has 3 aromatic carbocycles. The summed E-state index contributed by atoms with van der Waals surface area (Å²) in [7, 11) is 0. The molecular formula is C25H20N2O3. The van der Waals surface area contributed by atoms with E-state index in [1.807, 2.05) is 65.2 Å². The first-order chi connectivity index (χ1) is 14.7. The number of hydrogen-bond donors (Lipinski definition) is 0. The number of carbonyl (C=O) groups excluding carboxylic acids is 1. The van der Waals surface area contributed by atoms with Crippen molar-refractivity contribution in [1.82, 2.24) is 4.57 Å². The lowest BCUT2D eigenvalue weighted by Crippen LogP contribution is -2.04. The van der Waals surface area contributed by atoms with Crippen molar-refractivity contribution in [3.05, 3.63) is 95.7 Å². The Labute approximate surface area is 174 Å². The highest BCUT2D eigenvalue weighted by molar-refractivity contribution is 5.91. The van der Waals surface area contributed by atoms with E-state index in [0.29, 0.717) is 30.1 Å². The Morgan fingerprint density at radius 2 is 1.80 bits per heavy atom. The second-order valence-corrected chi connectivity index (χ2v) is 6.75. The maximum Gasteiger partial charge on any atom is 0.338 e. The largest absolute Gasteiger partial charge is 0.489 e. The summed E-state index contributed by atoms with van der Waals surface area (Å²) < 4.78 is 12.9. The number of benzene rings is 3. The van der Waals surface area contributed by atoms with Gasteiger partial charge in [-0.05, 0) is 55.0 Å². The molecule has 0 spiro atoms. The number of hydrogen-bond acceptors (Lipinski definition) is 4. The van der Waals surface area contributed by atoms with Crippen molar-refractivity contribution in [3.63, 3.8) is 0 Å². The SMILES string of the molecule is CCOC(=O)c1ccc(-n2cc(C#N)c3cc(OCc4ccccc4)ccc32)cc1. The average molecular weight is 396 g/mol. The minimum absolute atomic E-state index is 0.336. The lowest BCUT2D eigenvalue weighted by atomic mass is 10.2. The van der Waals surface area contributed by atoms with E-state index in [1.165, 1.54) is 0 Å². The molecule has 0 aliphatic carbocycles. The highest BCUT2D eigenvalue weighted by atomic mass is 16.5. The molecule has 1 heterocycles. The molecule has 0 bridgehead atoms. The second-order valence-electron chi connectivity index (χ2n) is 6.75. The van der Waals surface area contributed by atoms with Crippen LogP contribution in [0.2, 0.25) is 0 Å². The Balaban J connectivity index is 1.63. The number of nitriles is 1. The predicted molar refractivity (Wildman–Crippen MR) is 115 cm³/mol. The minimum Gasteiger partial charge on any atom is -0.489 e. The summed E-state index contributed by atoms with van der Waals surface area (Å²) in [4.78, 5) is 11.9. The third-order valence-electron chi connectivity index (χ3n) is 4.80. The summed E-state index contributed by atoms with van der Waals surface area (Å²) in [6.45, 7) is 2.58. The normalized spacial score (nSPS) is 10.5. The quantitative estimate of drug-likeness (QED) is 0.417. The molecule has 5 heteroatoms. The van der Waals surface area contributed by atoms with Gasteiger partial charge >= 0.3 is 5.97 Å². The molecule has 0 saturated carbocycles. The molecule has 0 saturated heterocycles. The van der Waals surface area contributed by atoms with E-state index in [2.05, 4.69) is 6.07 Å². The smallest absolute Gasteiger partial charge is 0.338 e. The van der Waals surface area contributed by atoms with Crippen LogP contribution in [0, 0.1) is 11.3 Å². The van der Waals surface area contributed by atoms with E-state index in [4.69, 9.17) is 9.47 Å². The molecule has 0 aliphatic heterocycles. The Morgan fingerprint density at radius 1 is 1.03 bits per heavy atom. The number of aromatic nitrogens is 1. The van der Waals surface area contributed by atoms with E-state index in [-0.39, 0.29) is 5.97 Å². The van der Waals surface area contributed by atoms with Gasteiger partial charge in [-0.2, -0.15) is 5.26 Å². The zero-order valence-corrected chi connectivity index (χ0v) is 16.5. The predicted octanol–water partition coefficient (Wildman–Crippen LogP) is 5.26. The first-order valence-electron chi connectivity index (χ1n) is 9.69. The molecule has 5 nitrogen and oxygen atoms in total. The monoisotopic (exact) mass is 396 g/mol. The first-order valence-corrected chi connectivity index (χ1v) is 9.69. The van der Waals surface area contributed by atoms with Crippen LogP contribution in [0.4, 0.5) is 0 Å². The second kappa shape index (κ2) is 8.54. The van der Waals surface area contributed by atoms with Gasteiger partial charge in [0.05, 0.1) is 23.3 Å². The lowest BCUT2D eigenvalue weighted by Gasteiger charge is -2.09. The van der Waals surface area contributed by atoms with E-state index in [1.54, 1.807) is 25.3 Å². The molecule has 0 N–H and O–H groups in total. The molecule has 0 radical (unpaired) electrons. The minimum atomic E-state index is -0.348. The summed E-state index contributed by atoms with van der Waals surface area (Å²) in [6, 6.07) is 25.1. The highest BCUT2D eigenvalue weighted by Crippen LogP contribution is 2.29. The molecule has 0 aliphatic rings. The molecular weight excluding hydrogens is 376 g/mol. The fourth-order valence-electron chi connectivity index (χ4n) is 3.32. The Morgan fingerprint density at radius 3 is 2.50 bits per heavy atom. The van der Waals surface area contributed by atoms with Crippen LogP contribution < -0.4 is 4.74 Å². The van der Waals surface area contributed by atoms with E-state index >= 15 is 0 Å². The van der Waals surface area contributed by atoms with Crippen molar-refractivity contribution in [2.24, 2.45) is 0 Å². The van der Waals surface area contributed by atoms with E-state index in [9.17, 15) is 10.1 Å². The molecule has 30 heavy (non-hydrogen) atoms. The average Bonchev–Trinajstić information content (AvgIpc) is 3.16. The van der Waals surface area contributed by atoms with Crippen LogP contribution in [-0.2, 0) is 11.3 Å². The van der Waals surface area contributed by atoms with E-state index < -0.39 is 0 Å². The third-order valence-corrected chi connectivity index (χ3v) is 4.80. The van der Waals surface area contributed by atoms with Gasteiger partial charge in [0.25, 0.3) is 0 Å². The van der Waals surface area contributed by atoms with Crippen LogP contribution >= 0.6 is 0 Å². The number of esters is 1. The van der Waals surface area contributed by atoms with Gasteiger partial charge in [-0.25, -0.2) is 4.79 Å². The molecule has 0 unspecified atom stereocenters. The van der Waals surface area contributed by atoms with Gasteiger partial charge in [0.2, 0.25) is 0 Å². The number of fused-ring (bicyclic) bond motifs is 1. The van der Waals surface area contributed by atoms with Gasteiger partial charge in [-0.3, -0.25) is 0 Å². The molecule has 4 aromatic rings. The van der Waals surface area contributed by atoms with Crippen LogP contribution in [0.1, 0.15) is 28.4 Å². The van der Waals surface area contributed by atoms with Crippen LogP contribution in [-0.4, -0.2) is 17.1 Å². The molecule has 1 aromatic heterocycles. The molecule has 4 rings (SSSR count). The molecule has 0 atom stereocenters. The number of carbonyl (C=O) groups is 1. The Hall–Kier alpha value is -4.04. The number of nitrogens with zero attached hydrogens (tertiary/aromatic N) is 2. The maximum absolute atomic E-state index is 11.9. The summed E-state index contributed by atoms with van der Waals surface area (Å²) in [5.74, 6) is 0.359. The van der Waals surface area contributed by atoms with Crippen molar-refractivity contribution in [1.29, 1.82) is 5.26 Å². The summed E-state index contributed by atoms with van der Waals surface area (Å²) in [6.07, 6.45) is 1.80. The van der Waals surface area contributed by atoms with Crippen molar-refractivity contribution in [3.8, 4) is 17.5 Å². The topological polar surface area (TPSA) is 64.2 Å². The third kappa shape index (κ3) is 3.89. The van der Waals surface area contributed by atoms with Gasteiger partial charge < -0.3 is 14.0 Å². The maximum atomic E-state index is 11.9. The fourth-order valence-corrected chi connectivity index (χ4v) is 3.32. The van der Waals surface area contributed by atoms with Crippen LogP contribution in [0.5, 0.6) is 5.75 Å². The van der Waals surface area contributed by atoms with Crippen molar-refractivity contribution < 1.29 is 14.3 Å². The van der Waals surface area contributed by atoms with Crippen molar-refractivity contribution in [2.45, 2.75) is 13.5 Å². The zero-order valence-electron chi connectivity index (χ0n) is 16.5. The summed E-state index contributed by atoms with van der Waals surface area (Å²) >= 11 is 0. The Bertz CT molecular complexity index is 1220. The van der Waals surface area contributed by atoms with Gasteiger partial charge in [-0.15, -0.1) is 0 Å². The van der Waals surface area contributed by atoms with Gasteiger partial charge in [0.1, 0.15) is 18.4 Å². The highest BCUT2D eigenvalue weighted by Gasteiger charge is 2.12.